The second-order valence-corrected chi connectivity index (χ2v) is 3.94. The van der Waals surface area contributed by atoms with E-state index in [1.165, 1.54) is 5.57 Å². The maximum atomic E-state index is 11.7. The van der Waals surface area contributed by atoms with Crippen molar-refractivity contribution in [1.29, 1.82) is 0 Å². The number of amides is 2. The molecule has 2 amide bonds. The Bertz CT molecular complexity index is 315. The first-order valence-corrected chi connectivity index (χ1v) is 5.57. The van der Waals surface area contributed by atoms with Gasteiger partial charge in [-0.3, -0.25) is 0 Å². The van der Waals surface area contributed by atoms with Gasteiger partial charge in [0.15, 0.2) is 0 Å². The van der Waals surface area contributed by atoms with Crippen LogP contribution in [0.1, 0.15) is 13.3 Å². The molecular formula is C11H18N2O4. The van der Waals surface area contributed by atoms with Crippen molar-refractivity contribution in [1.82, 2.24) is 10.2 Å². The molecule has 0 unspecified atom stereocenters. The number of urea groups is 1. The van der Waals surface area contributed by atoms with Crippen molar-refractivity contribution in [2.75, 3.05) is 32.8 Å². The normalized spacial score (nSPS) is 15.4. The maximum absolute atomic E-state index is 11.7. The number of hydrogen-bond donors (Lipinski definition) is 2. The van der Waals surface area contributed by atoms with Crippen molar-refractivity contribution in [3.63, 3.8) is 0 Å². The Balaban J connectivity index is 2.13. The zero-order chi connectivity index (χ0) is 12.7. The molecule has 1 rings (SSSR count). The molecule has 2 N–H and O–H groups in total. The number of hydrogen-bond acceptors (Lipinski definition) is 3. The van der Waals surface area contributed by atoms with Crippen molar-refractivity contribution in [2.24, 2.45) is 0 Å². The summed E-state index contributed by atoms with van der Waals surface area (Å²) in [7, 11) is 0. The van der Waals surface area contributed by atoms with Crippen LogP contribution in [0.4, 0.5) is 4.79 Å². The minimum atomic E-state index is -1.01. The van der Waals surface area contributed by atoms with Gasteiger partial charge in [0.25, 0.3) is 0 Å². The summed E-state index contributed by atoms with van der Waals surface area (Å²) in [5.74, 6) is -1.01. The van der Waals surface area contributed by atoms with Gasteiger partial charge in [-0.2, -0.15) is 0 Å². The topological polar surface area (TPSA) is 78.9 Å². The first-order valence-electron chi connectivity index (χ1n) is 5.57. The van der Waals surface area contributed by atoms with E-state index in [1.54, 1.807) is 4.90 Å². The highest BCUT2D eigenvalue weighted by Gasteiger charge is 2.15. The monoisotopic (exact) mass is 242 g/mol. The largest absolute Gasteiger partial charge is 0.480 e. The van der Waals surface area contributed by atoms with Crippen LogP contribution in [0.3, 0.4) is 0 Å². The van der Waals surface area contributed by atoms with Gasteiger partial charge in [0, 0.05) is 19.6 Å². The van der Waals surface area contributed by atoms with Crippen LogP contribution in [0.5, 0.6) is 0 Å². The molecule has 0 spiro atoms. The third-order valence-electron chi connectivity index (χ3n) is 2.37. The Hall–Kier alpha value is -1.56. The zero-order valence-electron chi connectivity index (χ0n) is 9.94. The molecule has 0 fully saturated rings. The summed E-state index contributed by atoms with van der Waals surface area (Å²) in [6.45, 7) is 3.57. The average Bonchev–Trinajstić information content (AvgIpc) is 2.28. The summed E-state index contributed by atoms with van der Waals surface area (Å²) in [5, 5.41) is 11.0. The van der Waals surface area contributed by atoms with Gasteiger partial charge in [-0.05, 0) is 13.3 Å². The molecule has 6 nitrogen and oxygen atoms in total. The van der Waals surface area contributed by atoms with Crippen LogP contribution in [-0.4, -0.2) is 54.9 Å². The fourth-order valence-electron chi connectivity index (χ4n) is 1.59. The maximum Gasteiger partial charge on any atom is 0.329 e. The van der Waals surface area contributed by atoms with Crippen LogP contribution < -0.4 is 5.32 Å². The molecule has 0 aliphatic carbocycles. The van der Waals surface area contributed by atoms with Gasteiger partial charge in [0.1, 0.15) is 6.61 Å². The summed E-state index contributed by atoms with van der Waals surface area (Å²) in [5.41, 5.74) is 1.19. The lowest BCUT2D eigenvalue weighted by molar-refractivity contribution is -0.142. The predicted molar refractivity (Wildman–Crippen MR) is 61.8 cm³/mol. The highest BCUT2D eigenvalue weighted by atomic mass is 16.5. The SMILES string of the molecule is CC1=CCCN(C(=O)NCCOCC(=O)O)C1. The van der Waals surface area contributed by atoms with Gasteiger partial charge in [0.2, 0.25) is 0 Å². The molecule has 0 aromatic heterocycles. The van der Waals surface area contributed by atoms with Crippen molar-refractivity contribution < 1.29 is 19.4 Å². The fraction of sp³-hybridized carbons (Fsp3) is 0.636. The summed E-state index contributed by atoms with van der Waals surface area (Å²) < 4.78 is 4.81. The average molecular weight is 242 g/mol. The van der Waals surface area contributed by atoms with Crippen LogP contribution >= 0.6 is 0 Å². The molecule has 0 saturated heterocycles. The van der Waals surface area contributed by atoms with Gasteiger partial charge in [-0.15, -0.1) is 0 Å². The number of carboxylic acid groups (broad SMARTS) is 1. The van der Waals surface area contributed by atoms with E-state index in [-0.39, 0.29) is 19.2 Å². The molecule has 0 radical (unpaired) electrons. The third kappa shape index (κ3) is 5.35. The number of nitrogens with one attached hydrogen (secondary N) is 1. The summed E-state index contributed by atoms with van der Waals surface area (Å²) in [6, 6.07) is -0.128. The minimum Gasteiger partial charge on any atom is -0.480 e. The Kier molecular flexibility index (Phi) is 5.48. The standard InChI is InChI=1S/C11H18N2O4/c1-9-3-2-5-13(7-9)11(16)12-4-6-17-8-10(14)15/h3H,2,4-8H2,1H3,(H,12,16)(H,14,15). The second-order valence-electron chi connectivity index (χ2n) is 3.94. The van der Waals surface area contributed by atoms with Crippen molar-refractivity contribution in [2.45, 2.75) is 13.3 Å². The van der Waals surface area contributed by atoms with Crippen LogP contribution in [0.15, 0.2) is 11.6 Å². The molecular weight excluding hydrogens is 224 g/mol. The molecule has 0 saturated carbocycles. The number of carbonyl (C=O) groups is 2. The first-order chi connectivity index (χ1) is 8.09. The molecule has 0 bridgehead atoms. The molecule has 1 aliphatic heterocycles. The summed E-state index contributed by atoms with van der Waals surface area (Å²) in [4.78, 5) is 23.5. The van der Waals surface area contributed by atoms with Crippen LogP contribution in [0.25, 0.3) is 0 Å². The van der Waals surface area contributed by atoms with E-state index in [9.17, 15) is 9.59 Å². The van der Waals surface area contributed by atoms with Crippen LogP contribution in [0, 0.1) is 0 Å². The Morgan fingerprint density at radius 1 is 1.59 bits per heavy atom. The van der Waals surface area contributed by atoms with Crippen LogP contribution in [0.2, 0.25) is 0 Å². The number of carbonyl (C=O) groups excluding carboxylic acids is 1. The lowest BCUT2D eigenvalue weighted by Gasteiger charge is -2.26. The number of ether oxygens (including phenoxy) is 1. The minimum absolute atomic E-state index is 0.128. The smallest absolute Gasteiger partial charge is 0.329 e. The zero-order valence-corrected chi connectivity index (χ0v) is 9.94. The highest BCUT2D eigenvalue weighted by Crippen LogP contribution is 2.08. The Labute approximate surface area is 100 Å². The number of nitrogens with zero attached hydrogens (tertiary/aromatic N) is 1. The molecule has 0 atom stereocenters. The summed E-state index contributed by atoms with van der Waals surface area (Å²) in [6.07, 6.45) is 3.01. The lowest BCUT2D eigenvalue weighted by Crippen LogP contribution is -2.43. The Morgan fingerprint density at radius 3 is 3.00 bits per heavy atom. The molecule has 1 heterocycles. The van der Waals surface area contributed by atoms with Gasteiger partial charge < -0.3 is 20.1 Å². The van der Waals surface area contributed by atoms with E-state index in [2.05, 4.69) is 11.4 Å². The molecule has 96 valence electrons. The molecule has 0 aromatic carbocycles. The molecule has 0 aromatic rings. The number of rotatable bonds is 5. The lowest BCUT2D eigenvalue weighted by atomic mass is 10.1. The third-order valence-corrected chi connectivity index (χ3v) is 2.37. The van der Waals surface area contributed by atoms with Gasteiger partial charge >= 0.3 is 12.0 Å². The highest BCUT2D eigenvalue weighted by molar-refractivity contribution is 5.74. The molecule has 6 heteroatoms. The van der Waals surface area contributed by atoms with Crippen LogP contribution in [-0.2, 0) is 9.53 Å². The van der Waals surface area contributed by atoms with E-state index in [4.69, 9.17) is 9.84 Å². The molecule has 1 aliphatic rings. The van der Waals surface area contributed by atoms with Crippen molar-refractivity contribution >= 4 is 12.0 Å². The predicted octanol–water partition coefficient (Wildman–Crippen LogP) is 0.449. The number of carboxylic acids is 1. The van der Waals surface area contributed by atoms with Gasteiger partial charge in [-0.1, -0.05) is 11.6 Å². The second kappa shape index (κ2) is 6.90. The van der Waals surface area contributed by atoms with E-state index in [0.717, 1.165) is 13.0 Å². The van der Waals surface area contributed by atoms with E-state index >= 15 is 0 Å². The summed E-state index contributed by atoms with van der Waals surface area (Å²) >= 11 is 0. The van der Waals surface area contributed by atoms with E-state index in [0.29, 0.717) is 13.1 Å². The quantitative estimate of drug-likeness (QED) is 0.542. The Morgan fingerprint density at radius 2 is 2.35 bits per heavy atom. The van der Waals surface area contributed by atoms with Gasteiger partial charge in [0.05, 0.1) is 6.61 Å². The van der Waals surface area contributed by atoms with Crippen molar-refractivity contribution in [3.05, 3.63) is 11.6 Å². The van der Waals surface area contributed by atoms with E-state index in [1.807, 2.05) is 6.92 Å². The first kappa shape index (κ1) is 13.5. The van der Waals surface area contributed by atoms with Gasteiger partial charge in [-0.25, -0.2) is 9.59 Å². The molecule has 17 heavy (non-hydrogen) atoms. The fourth-order valence-corrected chi connectivity index (χ4v) is 1.59. The number of aliphatic carboxylic acids is 1. The van der Waals surface area contributed by atoms with Crippen molar-refractivity contribution in [3.8, 4) is 0 Å². The van der Waals surface area contributed by atoms with E-state index < -0.39 is 5.97 Å².